The van der Waals surface area contributed by atoms with E-state index in [0.29, 0.717) is 11.4 Å². The fourth-order valence-electron chi connectivity index (χ4n) is 1.44. The summed E-state index contributed by atoms with van der Waals surface area (Å²) in [6.45, 7) is 0. The molecule has 0 atom stereocenters. The van der Waals surface area contributed by atoms with E-state index in [9.17, 15) is 4.79 Å². The zero-order valence-corrected chi connectivity index (χ0v) is 8.16. The molecule has 0 saturated carbocycles. The quantitative estimate of drug-likeness (QED) is 0.818. The molecular formula is C11H7N3O2. The van der Waals surface area contributed by atoms with Crippen LogP contribution in [0.4, 0.5) is 0 Å². The van der Waals surface area contributed by atoms with Crippen molar-refractivity contribution in [2.24, 2.45) is 0 Å². The maximum atomic E-state index is 11.0. The second kappa shape index (κ2) is 3.87. The Hall–Kier alpha value is -2.61. The molecule has 0 aliphatic rings. The van der Waals surface area contributed by atoms with E-state index < -0.39 is 5.97 Å². The summed E-state index contributed by atoms with van der Waals surface area (Å²) in [6, 6.07) is 6.85. The lowest BCUT2D eigenvalue weighted by Gasteiger charge is -2.07. The first-order valence-electron chi connectivity index (χ1n) is 4.49. The van der Waals surface area contributed by atoms with Crippen molar-refractivity contribution in [2.45, 2.75) is 0 Å². The van der Waals surface area contributed by atoms with Crippen LogP contribution in [0.15, 0.2) is 36.8 Å². The minimum Gasteiger partial charge on any atom is -0.478 e. The zero-order chi connectivity index (χ0) is 11.5. The average Bonchev–Trinajstić information content (AvgIpc) is 2.76. The van der Waals surface area contributed by atoms with Crippen molar-refractivity contribution in [3.05, 3.63) is 48.0 Å². The summed E-state index contributed by atoms with van der Waals surface area (Å²) in [7, 11) is 0. The van der Waals surface area contributed by atoms with Gasteiger partial charge in [-0.05, 0) is 18.2 Å². The van der Waals surface area contributed by atoms with Crippen LogP contribution in [0.2, 0.25) is 0 Å². The minimum absolute atomic E-state index is 0.0650. The molecule has 0 aromatic carbocycles. The van der Waals surface area contributed by atoms with Gasteiger partial charge in [-0.3, -0.25) is 4.98 Å². The van der Waals surface area contributed by atoms with E-state index in [1.807, 2.05) is 6.07 Å². The molecular weight excluding hydrogens is 206 g/mol. The second-order valence-electron chi connectivity index (χ2n) is 3.07. The molecule has 0 bridgehead atoms. The number of carboxylic acid groups (broad SMARTS) is 1. The highest BCUT2D eigenvalue weighted by Crippen LogP contribution is 2.16. The standard InChI is InChI=1S/C11H7N3O2/c12-6-8-2-1-5-14(8)10-3-4-13-7-9(10)11(15)16/h1-5,7H,(H,15,16). The molecule has 16 heavy (non-hydrogen) atoms. The molecule has 0 amide bonds. The van der Waals surface area contributed by atoms with Crippen LogP contribution < -0.4 is 0 Å². The monoisotopic (exact) mass is 213 g/mol. The Morgan fingerprint density at radius 3 is 3.00 bits per heavy atom. The van der Waals surface area contributed by atoms with Gasteiger partial charge in [0, 0.05) is 18.6 Å². The fourth-order valence-corrected chi connectivity index (χ4v) is 1.44. The van der Waals surface area contributed by atoms with Crippen LogP contribution in [-0.2, 0) is 0 Å². The molecule has 0 fully saturated rings. The lowest BCUT2D eigenvalue weighted by Crippen LogP contribution is -2.06. The number of rotatable bonds is 2. The van der Waals surface area contributed by atoms with Gasteiger partial charge in [0.1, 0.15) is 17.3 Å². The first-order chi connectivity index (χ1) is 7.74. The Kier molecular flexibility index (Phi) is 2.40. The summed E-state index contributed by atoms with van der Waals surface area (Å²) in [5.41, 5.74) is 0.882. The van der Waals surface area contributed by atoms with Gasteiger partial charge in [0.25, 0.3) is 0 Å². The summed E-state index contributed by atoms with van der Waals surface area (Å²) in [6.07, 6.45) is 4.39. The van der Waals surface area contributed by atoms with Gasteiger partial charge < -0.3 is 9.67 Å². The maximum Gasteiger partial charge on any atom is 0.339 e. The normalized spacial score (nSPS) is 9.69. The Morgan fingerprint density at radius 2 is 2.31 bits per heavy atom. The van der Waals surface area contributed by atoms with Crippen LogP contribution in [0.5, 0.6) is 0 Å². The highest BCUT2D eigenvalue weighted by Gasteiger charge is 2.12. The Bertz CT molecular complexity index is 581. The van der Waals surface area contributed by atoms with Gasteiger partial charge in [-0.25, -0.2) is 4.79 Å². The van der Waals surface area contributed by atoms with Crippen molar-refractivity contribution >= 4 is 5.97 Å². The molecule has 0 radical (unpaired) electrons. The number of hydrogen-bond donors (Lipinski definition) is 1. The molecule has 2 heterocycles. The van der Waals surface area contributed by atoms with Crippen LogP contribution in [-0.4, -0.2) is 20.6 Å². The van der Waals surface area contributed by atoms with Crippen molar-refractivity contribution in [1.82, 2.24) is 9.55 Å². The summed E-state index contributed by atoms with van der Waals surface area (Å²) < 4.78 is 1.52. The Morgan fingerprint density at radius 1 is 1.50 bits per heavy atom. The largest absolute Gasteiger partial charge is 0.478 e. The van der Waals surface area contributed by atoms with Crippen molar-refractivity contribution in [3.63, 3.8) is 0 Å². The predicted octanol–water partition coefficient (Wildman–Crippen LogP) is 1.44. The molecule has 0 spiro atoms. The third-order valence-electron chi connectivity index (χ3n) is 2.15. The molecule has 0 saturated heterocycles. The van der Waals surface area contributed by atoms with E-state index in [1.54, 1.807) is 24.4 Å². The number of carbonyl (C=O) groups is 1. The first-order valence-corrected chi connectivity index (χ1v) is 4.49. The Labute approximate surface area is 91.2 Å². The molecule has 2 rings (SSSR count). The fraction of sp³-hybridized carbons (Fsp3) is 0. The number of hydrogen-bond acceptors (Lipinski definition) is 3. The highest BCUT2D eigenvalue weighted by atomic mass is 16.4. The summed E-state index contributed by atoms with van der Waals surface area (Å²) >= 11 is 0. The Balaban J connectivity index is 2.66. The molecule has 0 unspecified atom stereocenters. The molecule has 2 aromatic rings. The molecule has 0 aliphatic carbocycles. The lowest BCUT2D eigenvalue weighted by atomic mass is 10.2. The van der Waals surface area contributed by atoms with Crippen LogP contribution in [0, 0.1) is 11.3 Å². The van der Waals surface area contributed by atoms with Gasteiger partial charge in [0.15, 0.2) is 0 Å². The number of aromatic carboxylic acids is 1. The molecule has 2 aromatic heterocycles. The minimum atomic E-state index is -1.07. The number of aromatic nitrogens is 2. The number of carboxylic acids is 1. The van der Waals surface area contributed by atoms with E-state index in [4.69, 9.17) is 10.4 Å². The zero-order valence-electron chi connectivity index (χ0n) is 8.16. The van der Waals surface area contributed by atoms with Gasteiger partial charge in [-0.2, -0.15) is 5.26 Å². The third-order valence-corrected chi connectivity index (χ3v) is 2.15. The summed E-state index contributed by atoms with van der Waals surface area (Å²) in [5, 5.41) is 17.9. The summed E-state index contributed by atoms with van der Waals surface area (Å²) in [5.74, 6) is -1.07. The molecule has 78 valence electrons. The van der Waals surface area contributed by atoms with Crippen molar-refractivity contribution < 1.29 is 9.90 Å². The van der Waals surface area contributed by atoms with Crippen molar-refractivity contribution in [3.8, 4) is 11.8 Å². The van der Waals surface area contributed by atoms with E-state index in [2.05, 4.69) is 4.98 Å². The van der Waals surface area contributed by atoms with Gasteiger partial charge in [-0.15, -0.1) is 0 Å². The van der Waals surface area contributed by atoms with Crippen LogP contribution in [0.3, 0.4) is 0 Å². The van der Waals surface area contributed by atoms with Crippen LogP contribution in [0.25, 0.3) is 5.69 Å². The maximum absolute atomic E-state index is 11.0. The van der Waals surface area contributed by atoms with Crippen molar-refractivity contribution in [2.75, 3.05) is 0 Å². The summed E-state index contributed by atoms with van der Waals surface area (Å²) in [4.78, 5) is 14.7. The van der Waals surface area contributed by atoms with Gasteiger partial charge >= 0.3 is 5.97 Å². The topological polar surface area (TPSA) is 78.9 Å². The average molecular weight is 213 g/mol. The van der Waals surface area contributed by atoms with E-state index >= 15 is 0 Å². The van der Waals surface area contributed by atoms with E-state index in [1.165, 1.54) is 17.0 Å². The molecule has 0 aliphatic heterocycles. The van der Waals surface area contributed by atoms with Crippen LogP contribution in [0.1, 0.15) is 16.1 Å². The number of nitriles is 1. The first kappa shape index (κ1) is 9.93. The molecule has 5 heteroatoms. The van der Waals surface area contributed by atoms with E-state index in [0.717, 1.165) is 0 Å². The van der Waals surface area contributed by atoms with E-state index in [-0.39, 0.29) is 5.56 Å². The van der Waals surface area contributed by atoms with Gasteiger partial charge in [0.05, 0.1) is 5.69 Å². The molecule has 5 nitrogen and oxygen atoms in total. The second-order valence-corrected chi connectivity index (χ2v) is 3.07. The van der Waals surface area contributed by atoms with Gasteiger partial charge in [0.2, 0.25) is 0 Å². The predicted molar refractivity (Wildman–Crippen MR) is 55.2 cm³/mol. The SMILES string of the molecule is N#Cc1cccn1-c1ccncc1C(=O)O. The van der Waals surface area contributed by atoms with Crippen LogP contribution >= 0.6 is 0 Å². The lowest BCUT2D eigenvalue weighted by molar-refractivity contribution is 0.0696. The van der Waals surface area contributed by atoms with Gasteiger partial charge in [-0.1, -0.05) is 0 Å². The van der Waals surface area contributed by atoms with Crippen molar-refractivity contribution in [1.29, 1.82) is 5.26 Å². The highest BCUT2D eigenvalue weighted by molar-refractivity contribution is 5.91. The number of nitrogens with zero attached hydrogens (tertiary/aromatic N) is 3. The molecule has 1 N–H and O–H groups in total. The smallest absolute Gasteiger partial charge is 0.339 e. The third kappa shape index (κ3) is 1.53. The number of pyridine rings is 1.